The summed E-state index contributed by atoms with van der Waals surface area (Å²) in [5.41, 5.74) is -2.72. The van der Waals surface area contributed by atoms with Gasteiger partial charge in [0.25, 0.3) is 0 Å². The van der Waals surface area contributed by atoms with E-state index in [0.29, 0.717) is 44.9 Å². The van der Waals surface area contributed by atoms with E-state index in [4.69, 9.17) is 47.4 Å². The van der Waals surface area contributed by atoms with Crippen molar-refractivity contribution in [3.8, 4) is 0 Å². The SMILES string of the molecule is C=CCC[C@@H]1C(CC)(COC2OC(CO)C(O)C(OC3OC(CO)C(O)C(O)C3O)C2O)CCC2[C@](C)(C(=O)OC3OC(CO)C(O)C(OC4OC(CO)C(O)C(O)C4O)C3OC3OC(CO)C(O)C(O)C3O)CCC[C@]21C. The molecule has 0 aromatic carbocycles. The summed E-state index contributed by atoms with van der Waals surface area (Å²) >= 11 is 0. The van der Waals surface area contributed by atoms with E-state index in [1.54, 1.807) is 13.0 Å². The number of hydrogen-bond donors (Lipinski definition) is 17. The Hall–Kier alpha value is -1.83. The summed E-state index contributed by atoms with van der Waals surface area (Å²) < 4.78 is 59.3. The van der Waals surface area contributed by atoms with Gasteiger partial charge in [0, 0.05) is 0 Å². The van der Waals surface area contributed by atoms with Crippen LogP contribution in [0, 0.1) is 28.1 Å². The zero-order valence-corrected chi connectivity index (χ0v) is 43.9. The van der Waals surface area contributed by atoms with E-state index in [1.807, 2.05) is 6.92 Å². The van der Waals surface area contributed by atoms with Crippen LogP contribution < -0.4 is 0 Å². The first-order chi connectivity index (χ1) is 36.9. The van der Waals surface area contributed by atoms with Crippen molar-refractivity contribution >= 4 is 5.97 Å². The molecule has 7 rings (SSSR count). The minimum atomic E-state index is -2.06. The maximum absolute atomic E-state index is 15.3. The van der Waals surface area contributed by atoms with E-state index in [2.05, 4.69) is 13.5 Å². The van der Waals surface area contributed by atoms with Crippen LogP contribution in [0.25, 0.3) is 0 Å². The Morgan fingerprint density at radius 1 is 0.526 bits per heavy atom. The van der Waals surface area contributed by atoms with Gasteiger partial charge in [0.15, 0.2) is 31.3 Å². The standard InChI is InChI=1S/C50H84O28/c1-5-7-9-26-48(3)11-8-12-49(4,25(48)10-13-50(26,6-2)19-69-42-38(67)39(30(59)23(17-54)70-42)75-43-35(64)32(61)27(56)20(14-51)71-43)47(68)78-46-41(77-45-37(66)34(63)29(58)22(16-53)73-45)40(31(60)24(18-55)74-46)76-44-36(65)33(62)28(57)21(15-52)72-44/h5,20-46,51-67H,1,6-19H2,2-4H3/t20?,21?,22?,23?,24?,25?,26-,27?,28?,29?,30?,31?,32?,33?,34?,35?,36?,37?,38?,39?,40?,41?,42?,43?,44?,45?,46?,48+,49+,50?/m0/s1. The minimum Gasteiger partial charge on any atom is -0.432 e. The van der Waals surface area contributed by atoms with Gasteiger partial charge < -0.3 is 134 Å². The number of aliphatic hydroxyl groups is 17. The van der Waals surface area contributed by atoms with Crippen LogP contribution in [-0.2, 0) is 52.2 Å². The molecule has 17 N–H and O–H groups in total. The zero-order chi connectivity index (χ0) is 57.3. The number of esters is 1. The average molecular weight is 1130 g/mol. The van der Waals surface area contributed by atoms with Crippen molar-refractivity contribution in [1.29, 1.82) is 0 Å². The van der Waals surface area contributed by atoms with E-state index in [1.165, 1.54) is 0 Å². The van der Waals surface area contributed by atoms with Crippen LogP contribution in [0.2, 0.25) is 0 Å². The van der Waals surface area contributed by atoms with Crippen molar-refractivity contribution in [2.45, 2.75) is 226 Å². The first-order valence-corrected chi connectivity index (χ1v) is 26.8. The highest BCUT2D eigenvalue weighted by molar-refractivity contribution is 5.77. The second-order valence-corrected chi connectivity index (χ2v) is 22.5. The van der Waals surface area contributed by atoms with Crippen LogP contribution >= 0.6 is 0 Å². The van der Waals surface area contributed by atoms with Crippen molar-refractivity contribution in [2.75, 3.05) is 39.6 Å². The molecule has 5 aliphatic heterocycles. The predicted molar refractivity (Wildman–Crippen MR) is 256 cm³/mol. The van der Waals surface area contributed by atoms with Crippen LogP contribution in [0.3, 0.4) is 0 Å². The third-order valence-electron chi connectivity index (χ3n) is 18.1. The van der Waals surface area contributed by atoms with Gasteiger partial charge in [-0.15, -0.1) is 6.58 Å². The number of allylic oxidation sites excluding steroid dienone is 1. The van der Waals surface area contributed by atoms with Gasteiger partial charge in [-0.25, -0.2) is 0 Å². The second kappa shape index (κ2) is 26.4. The van der Waals surface area contributed by atoms with Gasteiger partial charge in [0.05, 0.1) is 45.1 Å². The highest BCUT2D eigenvalue weighted by Gasteiger charge is 2.64. The second-order valence-electron chi connectivity index (χ2n) is 22.5. The minimum absolute atomic E-state index is 0.0644. The molecule has 452 valence electrons. The number of rotatable bonds is 20. The maximum atomic E-state index is 15.3. The van der Waals surface area contributed by atoms with Gasteiger partial charge in [-0.1, -0.05) is 26.3 Å². The van der Waals surface area contributed by atoms with Crippen molar-refractivity contribution in [1.82, 2.24) is 0 Å². The number of aliphatic hydroxyl groups excluding tert-OH is 17. The Morgan fingerprint density at radius 2 is 0.949 bits per heavy atom. The third-order valence-corrected chi connectivity index (χ3v) is 18.1. The van der Waals surface area contributed by atoms with E-state index < -0.39 is 215 Å². The van der Waals surface area contributed by atoms with Crippen molar-refractivity contribution in [3.05, 3.63) is 12.7 Å². The van der Waals surface area contributed by atoms with Gasteiger partial charge in [-0.2, -0.15) is 0 Å². The van der Waals surface area contributed by atoms with Gasteiger partial charge in [0.2, 0.25) is 6.29 Å². The summed E-state index contributed by atoms with van der Waals surface area (Å²) in [6.45, 7) is 5.45. The van der Waals surface area contributed by atoms with Crippen LogP contribution in [0.5, 0.6) is 0 Å². The van der Waals surface area contributed by atoms with Crippen LogP contribution in [0.1, 0.15) is 72.1 Å². The number of hydrogen-bond acceptors (Lipinski definition) is 28. The summed E-state index contributed by atoms with van der Waals surface area (Å²) in [5.74, 6) is -1.54. The van der Waals surface area contributed by atoms with Crippen LogP contribution in [0.4, 0.5) is 0 Å². The summed E-state index contributed by atoms with van der Waals surface area (Å²) in [6, 6.07) is 0. The lowest BCUT2D eigenvalue weighted by molar-refractivity contribution is -0.389. The third kappa shape index (κ3) is 12.1. The fourth-order valence-electron chi connectivity index (χ4n) is 13.4. The van der Waals surface area contributed by atoms with E-state index >= 15 is 4.79 Å². The highest BCUT2D eigenvalue weighted by atomic mass is 16.8. The molecule has 5 heterocycles. The summed E-state index contributed by atoms with van der Waals surface area (Å²) in [7, 11) is 0. The molecular formula is C50H84O28. The van der Waals surface area contributed by atoms with Gasteiger partial charge >= 0.3 is 5.97 Å². The van der Waals surface area contributed by atoms with Gasteiger partial charge in [-0.05, 0) is 74.5 Å². The molecule has 30 atom stereocenters. The normalized spacial score (nSPS) is 51.1. The lowest BCUT2D eigenvalue weighted by atomic mass is 9.42. The molecule has 0 aromatic heterocycles. The van der Waals surface area contributed by atoms with E-state index in [0.717, 1.165) is 0 Å². The molecule has 0 spiro atoms. The first-order valence-electron chi connectivity index (χ1n) is 26.8. The monoisotopic (exact) mass is 1130 g/mol. The Balaban J connectivity index is 1.16. The first kappa shape index (κ1) is 63.7. The number of fused-ring (bicyclic) bond motifs is 1. The lowest BCUT2D eigenvalue weighted by Gasteiger charge is -2.63. The molecule has 0 bridgehead atoms. The van der Waals surface area contributed by atoms with Crippen molar-refractivity contribution in [2.24, 2.45) is 28.1 Å². The lowest BCUT2D eigenvalue weighted by Crippen LogP contribution is -2.67. The maximum Gasteiger partial charge on any atom is 0.314 e. The Labute approximate surface area is 450 Å². The smallest absolute Gasteiger partial charge is 0.314 e. The van der Waals surface area contributed by atoms with Crippen molar-refractivity contribution in [3.63, 3.8) is 0 Å². The number of ether oxygens (including phenoxy) is 10. The Kier molecular flexibility index (Phi) is 21.6. The zero-order valence-electron chi connectivity index (χ0n) is 43.9. The molecular weight excluding hydrogens is 1050 g/mol. The summed E-state index contributed by atoms with van der Waals surface area (Å²) in [4.78, 5) is 15.3. The summed E-state index contributed by atoms with van der Waals surface area (Å²) in [6.07, 6.45) is -39.2. The highest BCUT2D eigenvalue weighted by Crippen LogP contribution is 2.66. The Bertz CT molecular complexity index is 1920. The molecule has 0 radical (unpaired) electrons. The average Bonchev–Trinajstić information content (AvgIpc) is 3.60. The van der Waals surface area contributed by atoms with Crippen LogP contribution in [-0.4, -0.2) is 286 Å². The molecule has 5 saturated heterocycles. The molecule has 0 amide bonds. The Morgan fingerprint density at radius 3 is 1.41 bits per heavy atom. The van der Waals surface area contributed by atoms with Crippen LogP contribution in [0.15, 0.2) is 12.7 Å². The predicted octanol–water partition coefficient (Wildman–Crippen LogP) is -6.80. The van der Waals surface area contributed by atoms with E-state index in [9.17, 15) is 86.8 Å². The van der Waals surface area contributed by atoms with Crippen molar-refractivity contribution < 1.29 is 139 Å². The fraction of sp³-hybridized carbons (Fsp3) is 0.940. The number of carbonyl (C=O) groups is 1. The molecule has 2 saturated carbocycles. The quantitative estimate of drug-likeness (QED) is 0.0398. The molecule has 28 heteroatoms. The van der Waals surface area contributed by atoms with E-state index in [-0.39, 0.29) is 18.9 Å². The topological polar surface area (TPSA) is 453 Å². The number of carbonyl (C=O) groups excluding carboxylic acids is 1. The van der Waals surface area contributed by atoms with Gasteiger partial charge in [0.1, 0.15) is 116 Å². The molecule has 28 nitrogen and oxygen atoms in total. The molecule has 2 aliphatic carbocycles. The molecule has 0 aromatic rings. The molecule has 27 unspecified atom stereocenters. The molecule has 7 fully saturated rings. The molecule has 7 aliphatic rings. The largest absolute Gasteiger partial charge is 0.432 e. The fourth-order valence-corrected chi connectivity index (χ4v) is 13.4. The summed E-state index contributed by atoms with van der Waals surface area (Å²) in [5, 5.41) is 181. The molecule has 78 heavy (non-hydrogen) atoms. The van der Waals surface area contributed by atoms with Gasteiger partial charge in [-0.3, -0.25) is 4.79 Å².